The highest BCUT2D eigenvalue weighted by Gasteiger charge is 2.50. The molecule has 2 N–H and O–H groups in total. The van der Waals surface area contributed by atoms with Gasteiger partial charge in [-0.3, -0.25) is 0 Å². The number of carbonyl (C=O) groups is 1. The maximum Gasteiger partial charge on any atom is 0.317 e. The molecule has 6 nitrogen and oxygen atoms in total. The Kier molecular flexibility index (Phi) is 6.71. The van der Waals surface area contributed by atoms with E-state index in [1.165, 1.54) is 17.5 Å². The minimum atomic E-state index is -0.197. The zero-order valence-corrected chi connectivity index (χ0v) is 21.5. The molecule has 0 spiro atoms. The normalized spacial score (nSPS) is 29.0. The Morgan fingerprint density at radius 1 is 1.24 bits per heavy atom. The number of hydrogen-bond donors (Lipinski definition) is 2. The van der Waals surface area contributed by atoms with Gasteiger partial charge in [0.05, 0.1) is 0 Å². The third kappa shape index (κ3) is 5.02. The molecule has 0 saturated carbocycles. The minimum absolute atomic E-state index is 0.0315. The first kappa shape index (κ1) is 24.3. The van der Waals surface area contributed by atoms with Gasteiger partial charge < -0.3 is 25.1 Å². The van der Waals surface area contributed by atoms with E-state index in [1.54, 1.807) is 0 Å². The second-order valence-electron chi connectivity index (χ2n) is 12.1. The first-order chi connectivity index (χ1) is 15.5. The Balaban J connectivity index is 1.47. The zero-order valence-electron chi connectivity index (χ0n) is 21.5. The molecule has 1 aliphatic carbocycles. The summed E-state index contributed by atoms with van der Waals surface area (Å²) in [6.07, 6.45) is 5.49. The number of likely N-dealkylation sites (tertiary alicyclic amines) is 2. The van der Waals surface area contributed by atoms with Crippen molar-refractivity contribution in [1.29, 1.82) is 0 Å². The lowest BCUT2D eigenvalue weighted by molar-refractivity contribution is 0.0477. The Bertz CT molecular complexity index is 858. The van der Waals surface area contributed by atoms with E-state index in [4.69, 9.17) is 0 Å². The SMILES string of the molecule is CN1CCC[C@@]2(C)c3cc(O)ccc3C[C@@H]1[C@@H]2N(C)CC1CCN(C(=O)NC(C)(C)C)CC1. The summed E-state index contributed by atoms with van der Waals surface area (Å²) in [5, 5.41) is 13.4. The number of hydrogen-bond acceptors (Lipinski definition) is 4. The summed E-state index contributed by atoms with van der Waals surface area (Å²) in [7, 11) is 4.59. The fourth-order valence-electron chi connectivity index (χ4n) is 6.76. The number of carbonyl (C=O) groups excluding carboxylic acids is 1. The van der Waals surface area contributed by atoms with Gasteiger partial charge in [-0.25, -0.2) is 4.79 Å². The van der Waals surface area contributed by atoms with Gasteiger partial charge in [-0.2, -0.15) is 0 Å². The molecule has 0 aromatic heterocycles. The molecule has 0 unspecified atom stereocenters. The smallest absolute Gasteiger partial charge is 0.317 e. The fourth-order valence-corrected chi connectivity index (χ4v) is 6.76. The summed E-state index contributed by atoms with van der Waals surface area (Å²) in [6.45, 7) is 12.4. The van der Waals surface area contributed by atoms with Crippen molar-refractivity contribution in [3.8, 4) is 5.75 Å². The van der Waals surface area contributed by atoms with E-state index in [-0.39, 0.29) is 17.0 Å². The van der Waals surface area contributed by atoms with Crippen molar-refractivity contribution in [2.75, 3.05) is 40.3 Å². The van der Waals surface area contributed by atoms with Crippen LogP contribution in [-0.4, -0.2) is 83.7 Å². The summed E-state index contributed by atoms with van der Waals surface area (Å²) in [4.78, 5) is 19.7. The van der Waals surface area contributed by atoms with Gasteiger partial charge >= 0.3 is 6.03 Å². The van der Waals surface area contributed by atoms with Gasteiger partial charge in [0.25, 0.3) is 0 Å². The number of urea groups is 1. The van der Waals surface area contributed by atoms with Crippen LogP contribution >= 0.6 is 0 Å². The molecule has 3 atom stereocenters. The van der Waals surface area contributed by atoms with Gasteiger partial charge in [-0.1, -0.05) is 13.0 Å². The molecule has 0 radical (unpaired) electrons. The number of rotatable bonds is 3. The molecule has 1 aromatic rings. The van der Waals surface area contributed by atoms with Gasteiger partial charge in [0.2, 0.25) is 0 Å². The van der Waals surface area contributed by atoms with Crippen molar-refractivity contribution in [2.45, 2.75) is 82.8 Å². The first-order valence-electron chi connectivity index (χ1n) is 12.8. The number of amides is 2. The number of fused-ring (bicyclic) bond motifs is 4. The molecular formula is C27H44N4O2. The lowest BCUT2D eigenvalue weighted by Gasteiger charge is -2.52. The van der Waals surface area contributed by atoms with Crippen molar-refractivity contribution in [3.05, 3.63) is 29.3 Å². The molecule has 1 aromatic carbocycles. The highest BCUT2D eigenvalue weighted by molar-refractivity contribution is 5.75. The van der Waals surface area contributed by atoms with Crippen LogP contribution in [0.1, 0.15) is 64.5 Å². The topological polar surface area (TPSA) is 59.1 Å². The fraction of sp³-hybridized carbons (Fsp3) is 0.741. The highest BCUT2D eigenvalue weighted by atomic mass is 16.3. The lowest BCUT2D eigenvalue weighted by atomic mass is 9.63. The van der Waals surface area contributed by atoms with Crippen molar-refractivity contribution >= 4 is 6.03 Å². The van der Waals surface area contributed by atoms with E-state index in [9.17, 15) is 9.90 Å². The number of aromatic hydroxyl groups is 1. The standard InChI is InChI=1S/C27H44N4O2/c1-26(2,3)28-25(33)31-14-10-19(11-15-31)18-30(6)24-23-16-20-8-9-21(32)17-22(20)27(24,4)12-7-13-29(23)5/h8-9,17,19,23-24,32H,7,10-16,18H2,1-6H3,(H,28,33)/t23-,24+,27+/m1/s1. The molecule has 2 saturated heterocycles. The maximum absolute atomic E-state index is 12.6. The van der Waals surface area contributed by atoms with E-state index >= 15 is 0 Å². The van der Waals surface area contributed by atoms with Crippen LogP contribution in [0.2, 0.25) is 0 Å². The van der Waals surface area contributed by atoms with Crippen LogP contribution in [0.25, 0.3) is 0 Å². The highest BCUT2D eigenvalue weighted by Crippen LogP contribution is 2.47. The molecule has 2 heterocycles. The number of phenolic OH excluding ortho intramolecular Hbond substituents is 1. The van der Waals surface area contributed by atoms with Gasteiger partial charge in [0.1, 0.15) is 5.75 Å². The van der Waals surface area contributed by atoms with Crippen molar-refractivity contribution in [3.63, 3.8) is 0 Å². The van der Waals surface area contributed by atoms with Crippen LogP contribution < -0.4 is 5.32 Å². The molecule has 3 aliphatic rings. The van der Waals surface area contributed by atoms with Crippen molar-refractivity contribution < 1.29 is 9.90 Å². The van der Waals surface area contributed by atoms with Gasteiger partial charge in [0.15, 0.2) is 0 Å². The van der Waals surface area contributed by atoms with Crippen LogP contribution in [0, 0.1) is 5.92 Å². The number of benzene rings is 1. The average molecular weight is 457 g/mol. The van der Waals surface area contributed by atoms with Crippen LogP contribution in [0.4, 0.5) is 4.79 Å². The van der Waals surface area contributed by atoms with E-state index in [1.807, 2.05) is 37.8 Å². The van der Waals surface area contributed by atoms with E-state index < -0.39 is 0 Å². The number of likely N-dealkylation sites (N-methyl/N-ethyl adjacent to an activating group) is 2. The quantitative estimate of drug-likeness (QED) is 0.726. The largest absolute Gasteiger partial charge is 0.508 e. The summed E-state index contributed by atoms with van der Waals surface area (Å²) in [5.74, 6) is 0.989. The molecule has 2 aliphatic heterocycles. The second kappa shape index (κ2) is 9.10. The van der Waals surface area contributed by atoms with Gasteiger partial charge in [0, 0.05) is 42.7 Å². The second-order valence-corrected chi connectivity index (χ2v) is 12.1. The van der Waals surface area contributed by atoms with Crippen molar-refractivity contribution in [2.24, 2.45) is 5.92 Å². The molecule has 4 rings (SSSR count). The Morgan fingerprint density at radius 3 is 2.61 bits per heavy atom. The van der Waals surface area contributed by atoms with Gasteiger partial charge in [-0.15, -0.1) is 0 Å². The Morgan fingerprint density at radius 2 is 1.94 bits per heavy atom. The number of nitrogens with one attached hydrogen (secondary N) is 1. The van der Waals surface area contributed by atoms with E-state index in [2.05, 4.69) is 42.2 Å². The average Bonchev–Trinajstić information content (AvgIpc) is 2.82. The number of nitrogens with zero attached hydrogens (tertiary/aromatic N) is 3. The van der Waals surface area contributed by atoms with Crippen LogP contribution in [0.3, 0.4) is 0 Å². The first-order valence-corrected chi connectivity index (χ1v) is 12.8. The van der Waals surface area contributed by atoms with E-state index in [0.29, 0.717) is 23.8 Å². The van der Waals surface area contributed by atoms with E-state index in [0.717, 1.165) is 51.9 Å². The monoisotopic (exact) mass is 456 g/mol. The molecule has 6 heteroatoms. The Labute approximate surface area is 200 Å². The Hall–Kier alpha value is -1.79. The van der Waals surface area contributed by atoms with Crippen LogP contribution in [0.5, 0.6) is 5.75 Å². The molecule has 2 bridgehead atoms. The summed E-state index contributed by atoms with van der Waals surface area (Å²) < 4.78 is 0. The van der Waals surface area contributed by atoms with Crippen LogP contribution in [-0.2, 0) is 11.8 Å². The molecule has 184 valence electrons. The number of phenols is 1. The predicted molar refractivity (Wildman–Crippen MR) is 134 cm³/mol. The molecule has 33 heavy (non-hydrogen) atoms. The number of piperidine rings is 1. The third-order valence-corrected chi connectivity index (χ3v) is 8.33. The lowest BCUT2D eigenvalue weighted by Crippen LogP contribution is -2.61. The van der Waals surface area contributed by atoms with Gasteiger partial charge in [-0.05, 0) is 103 Å². The summed E-state index contributed by atoms with van der Waals surface area (Å²) >= 11 is 0. The third-order valence-electron chi connectivity index (χ3n) is 8.33. The maximum atomic E-state index is 12.6. The molecule has 2 amide bonds. The zero-order chi connectivity index (χ0) is 24.0. The molecular weight excluding hydrogens is 412 g/mol. The van der Waals surface area contributed by atoms with Crippen molar-refractivity contribution in [1.82, 2.24) is 20.0 Å². The minimum Gasteiger partial charge on any atom is -0.508 e. The summed E-state index contributed by atoms with van der Waals surface area (Å²) in [5.41, 5.74) is 2.58. The summed E-state index contributed by atoms with van der Waals surface area (Å²) in [6, 6.07) is 6.99. The predicted octanol–water partition coefficient (Wildman–Crippen LogP) is 3.82. The molecule has 2 fully saturated rings. The van der Waals surface area contributed by atoms with Crippen LogP contribution in [0.15, 0.2) is 18.2 Å².